The van der Waals surface area contributed by atoms with Gasteiger partial charge in [0.1, 0.15) is 11.5 Å². The maximum absolute atomic E-state index is 11.6. The fourth-order valence-electron chi connectivity index (χ4n) is 2.07. The van der Waals surface area contributed by atoms with E-state index in [1.54, 1.807) is 6.07 Å². The Bertz CT molecular complexity index is 608. The second-order valence-corrected chi connectivity index (χ2v) is 7.57. The molecule has 0 radical (unpaired) electrons. The molecule has 0 bridgehead atoms. The van der Waals surface area contributed by atoms with Gasteiger partial charge in [-0.25, -0.2) is 13.6 Å². The summed E-state index contributed by atoms with van der Waals surface area (Å²) in [6, 6.07) is 2.93. The minimum absolute atomic E-state index is 0.0574. The van der Waals surface area contributed by atoms with Crippen LogP contribution in [0.2, 0.25) is 5.02 Å². The van der Waals surface area contributed by atoms with Crippen molar-refractivity contribution in [1.82, 2.24) is 0 Å². The van der Waals surface area contributed by atoms with Crippen LogP contribution in [0.15, 0.2) is 21.5 Å². The van der Waals surface area contributed by atoms with Crippen molar-refractivity contribution in [2.75, 3.05) is 6.61 Å². The predicted octanol–water partition coefficient (Wildman–Crippen LogP) is 2.70. The first-order valence-corrected chi connectivity index (χ1v) is 8.79. The minimum Gasteiger partial charge on any atom is -0.488 e. The van der Waals surface area contributed by atoms with Crippen molar-refractivity contribution < 1.29 is 17.9 Å². The molecule has 0 amide bonds. The minimum atomic E-state index is -3.92. The molecule has 0 spiro atoms. The lowest BCUT2D eigenvalue weighted by Crippen LogP contribution is -2.20. The van der Waals surface area contributed by atoms with Crippen LogP contribution in [0, 0.1) is 0 Å². The maximum atomic E-state index is 11.6. The van der Waals surface area contributed by atoms with Gasteiger partial charge in [-0.15, -0.1) is 0 Å². The number of sulfonamides is 1. The molecule has 8 heteroatoms. The summed E-state index contributed by atoms with van der Waals surface area (Å²) in [6.45, 7) is 2.23. The molecule has 1 aromatic carbocycles. The summed E-state index contributed by atoms with van der Waals surface area (Å²) in [5, 5.41) is 5.37. The predicted molar refractivity (Wildman–Crippen MR) is 79.6 cm³/mol. The van der Waals surface area contributed by atoms with Gasteiger partial charge in [-0.05, 0) is 31.9 Å². The topological polar surface area (TPSA) is 78.6 Å². The maximum Gasteiger partial charge on any atom is 0.241 e. The van der Waals surface area contributed by atoms with Gasteiger partial charge < -0.3 is 9.47 Å². The van der Waals surface area contributed by atoms with Crippen molar-refractivity contribution in [1.29, 1.82) is 0 Å². The van der Waals surface area contributed by atoms with Crippen LogP contribution >= 0.6 is 27.5 Å². The van der Waals surface area contributed by atoms with Crippen molar-refractivity contribution in [3.63, 3.8) is 0 Å². The molecule has 0 aliphatic carbocycles. The van der Waals surface area contributed by atoms with Gasteiger partial charge in [0.2, 0.25) is 10.0 Å². The molecule has 0 saturated carbocycles. The second-order valence-electron chi connectivity index (χ2n) is 4.72. The Labute approximate surface area is 131 Å². The number of rotatable bonds is 4. The first kappa shape index (κ1) is 16.0. The third kappa shape index (κ3) is 3.85. The van der Waals surface area contributed by atoms with E-state index in [0.29, 0.717) is 4.47 Å². The van der Waals surface area contributed by atoms with E-state index in [1.165, 1.54) is 6.07 Å². The number of halogens is 2. The lowest BCUT2D eigenvalue weighted by Gasteiger charge is -2.16. The third-order valence-corrected chi connectivity index (χ3v) is 4.67. The van der Waals surface area contributed by atoms with Crippen LogP contribution in [0.25, 0.3) is 0 Å². The van der Waals surface area contributed by atoms with Gasteiger partial charge in [-0.2, -0.15) is 0 Å². The van der Waals surface area contributed by atoms with Crippen LogP contribution < -0.4 is 9.88 Å². The van der Waals surface area contributed by atoms with Gasteiger partial charge in [-0.1, -0.05) is 27.5 Å². The molecule has 1 saturated heterocycles. The van der Waals surface area contributed by atoms with Gasteiger partial charge in [0.25, 0.3) is 0 Å². The van der Waals surface area contributed by atoms with E-state index in [-0.39, 0.29) is 34.5 Å². The highest BCUT2D eigenvalue weighted by molar-refractivity contribution is 9.10. The number of nitrogens with two attached hydrogens (primary N) is 1. The number of benzene rings is 1. The van der Waals surface area contributed by atoms with Crippen molar-refractivity contribution in [3.05, 3.63) is 21.6 Å². The summed E-state index contributed by atoms with van der Waals surface area (Å²) in [5.74, 6) is 0.0699. The Balaban J connectivity index is 2.22. The average molecular weight is 385 g/mol. The zero-order chi connectivity index (χ0) is 14.9. The van der Waals surface area contributed by atoms with Gasteiger partial charge in [0, 0.05) is 4.47 Å². The van der Waals surface area contributed by atoms with Crippen molar-refractivity contribution in [3.8, 4) is 5.75 Å². The molecule has 0 aromatic heterocycles. The molecular weight excluding hydrogens is 370 g/mol. The molecule has 5 nitrogen and oxygen atoms in total. The Morgan fingerprint density at radius 1 is 1.50 bits per heavy atom. The largest absolute Gasteiger partial charge is 0.488 e. The van der Waals surface area contributed by atoms with Crippen molar-refractivity contribution >= 4 is 37.6 Å². The lowest BCUT2D eigenvalue weighted by atomic mass is 10.2. The van der Waals surface area contributed by atoms with Crippen LogP contribution in [0.5, 0.6) is 5.75 Å². The van der Waals surface area contributed by atoms with Crippen molar-refractivity contribution in [2.24, 2.45) is 5.14 Å². The van der Waals surface area contributed by atoms with Gasteiger partial charge in [0.15, 0.2) is 5.75 Å². The molecule has 2 rings (SSSR count). The normalized spacial score (nSPS) is 23.0. The Morgan fingerprint density at radius 3 is 2.75 bits per heavy atom. The van der Waals surface area contributed by atoms with Crippen molar-refractivity contribution in [2.45, 2.75) is 36.9 Å². The molecule has 2 N–H and O–H groups in total. The van der Waals surface area contributed by atoms with Crippen LogP contribution in [0.4, 0.5) is 0 Å². The molecule has 1 aromatic rings. The Morgan fingerprint density at radius 2 is 2.20 bits per heavy atom. The summed E-state index contributed by atoms with van der Waals surface area (Å²) < 4.78 is 34.9. The monoisotopic (exact) mass is 383 g/mol. The highest BCUT2D eigenvalue weighted by Crippen LogP contribution is 2.35. The highest BCUT2D eigenvalue weighted by atomic mass is 79.9. The summed E-state index contributed by atoms with van der Waals surface area (Å²) in [6.07, 6.45) is 1.98. The van der Waals surface area contributed by atoms with Gasteiger partial charge in [-0.3, -0.25) is 0 Å². The lowest BCUT2D eigenvalue weighted by molar-refractivity contribution is 0.0258. The number of primary sulfonamides is 1. The zero-order valence-corrected chi connectivity index (χ0v) is 14.0. The number of hydrogen-bond donors (Lipinski definition) is 1. The first-order valence-electron chi connectivity index (χ1n) is 6.07. The Kier molecular flexibility index (Phi) is 4.96. The molecule has 2 unspecified atom stereocenters. The summed E-state index contributed by atoms with van der Waals surface area (Å²) >= 11 is 9.22. The van der Waals surface area contributed by atoms with E-state index in [0.717, 1.165) is 12.8 Å². The molecule has 20 heavy (non-hydrogen) atoms. The van der Waals surface area contributed by atoms with Gasteiger partial charge >= 0.3 is 0 Å². The third-order valence-electron chi connectivity index (χ3n) is 3.01. The fourth-order valence-corrected chi connectivity index (χ4v) is 3.86. The van der Waals surface area contributed by atoms with E-state index in [2.05, 4.69) is 15.9 Å². The van der Waals surface area contributed by atoms with E-state index >= 15 is 0 Å². The highest BCUT2D eigenvalue weighted by Gasteiger charge is 2.25. The fraction of sp³-hybridized carbons (Fsp3) is 0.500. The molecular formula is C12H15BrClNO4S. The van der Waals surface area contributed by atoms with E-state index in [9.17, 15) is 8.42 Å². The van der Waals surface area contributed by atoms with E-state index in [4.69, 9.17) is 26.2 Å². The SMILES string of the molecule is CC1CCC(COc2c(Cl)cc(Br)cc2S(N)(=O)=O)O1. The quantitative estimate of drug-likeness (QED) is 0.865. The molecule has 1 aliphatic rings. The van der Waals surface area contributed by atoms with Gasteiger partial charge in [0.05, 0.1) is 17.2 Å². The number of hydrogen-bond acceptors (Lipinski definition) is 4. The first-order chi connectivity index (χ1) is 9.27. The second kappa shape index (κ2) is 6.19. The molecule has 1 fully saturated rings. The Hall–Kier alpha value is -0.340. The van der Waals surface area contributed by atoms with E-state index in [1.807, 2.05) is 6.92 Å². The molecule has 1 heterocycles. The summed E-state index contributed by atoms with van der Waals surface area (Å²) in [4.78, 5) is -0.136. The summed E-state index contributed by atoms with van der Waals surface area (Å²) in [7, 11) is -3.92. The number of ether oxygens (including phenoxy) is 2. The van der Waals surface area contributed by atoms with Crippen LogP contribution in [0.1, 0.15) is 19.8 Å². The average Bonchev–Trinajstić information content (AvgIpc) is 2.72. The molecule has 1 aliphatic heterocycles. The van der Waals surface area contributed by atoms with Crippen LogP contribution in [-0.4, -0.2) is 27.2 Å². The molecule has 112 valence electrons. The smallest absolute Gasteiger partial charge is 0.241 e. The molecule has 2 atom stereocenters. The zero-order valence-electron chi connectivity index (χ0n) is 10.8. The van der Waals surface area contributed by atoms with Crippen LogP contribution in [-0.2, 0) is 14.8 Å². The standard InChI is InChI=1S/C12H15BrClNO4S/c1-7-2-3-9(19-7)6-18-12-10(14)4-8(13)5-11(12)20(15,16)17/h4-5,7,9H,2-3,6H2,1H3,(H2,15,16,17). The van der Waals surface area contributed by atoms with E-state index < -0.39 is 10.0 Å². The van der Waals surface area contributed by atoms with Crippen LogP contribution in [0.3, 0.4) is 0 Å². The summed E-state index contributed by atoms with van der Waals surface area (Å²) in [5.41, 5.74) is 0.